The van der Waals surface area contributed by atoms with Gasteiger partial charge in [-0.2, -0.15) is 0 Å². The lowest BCUT2D eigenvalue weighted by Gasteiger charge is -2.16. The Kier molecular flexibility index (Phi) is 4.70. The number of nitrogens with two attached hydrogens (primary N) is 1. The Balaban J connectivity index is 1.56. The Morgan fingerprint density at radius 3 is 2.59 bits per heavy atom. The number of hydrogen-bond acceptors (Lipinski definition) is 5. The summed E-state index contributed by atoms with van der Waals surface area (Å²) in [6.45, 7) is 1.55. The van der Waals surface area contributed by atoms with Crippen molar-refractivity contribution in [1.29, 1.82) is 0 Å². The molecular formula is C20H20F2N4O3. The number of nitrogens with zero attached hydrogens (tertiary/aromatic N) is 2. The highest BCUT2D eigenvalue weighted by molar-refractivity contribution is 5.90. The molecule has 1 saturated heterocycles. The lowest BCUT2D eigenvalue weighted by Crippen LogP contribution is -2.33. The number of anilines is 1. The number of aromatic nitrogens is 1. The molecule has 2 heterocycles. The number of halogens is 2. The van der Waals surface area contributed by atoms with Gasteiger partial charge in [0, 0.05) is 18.7 Å². The van der Waals surface area contributed by atoms with Crippen LogP contribution < -0.4 is 16.0 Å². The van der Waals surface area contributed by atoms with E-state index >= 15 is 0 Å². The molecule has 2 fully saturated rings. The highest BCUT2D eigenvalue weighted by Crippen LogP contribution is 2.42. The second-order valence-corrected chi connectivity index (χ2v) is 7.43. The lowest BCUT2D eigenvalue weighted by atomic mass is 10.0. The summed E-state index contributed by atoms with van der Waals surface area (Å²) in [6, 6.07) is 5.43. The topological polar surface area (TPSA) is 97.5 Å². The number of benzene rings is 1. The predicted molar refractivity (Wildman–Crippen MR) is 101 cm³/mol. The summed E-state index contributed by atoms with van der Waals surface area (Å²) in [4.78, 5) is 28.5. The Morgan fingerprint density at radius 1 is 1.34 bits per heavy atom. The molecule has 2 aliphatic rings. The molecular weight excluding hydrogens is 382 g/mol. The van der Waals surface area contributed by atoms with Gasteiger partial charge in [-0.05, 0) is 31.0 Å². The van der Waals surface area contributed by atoms with Gasteiger partial charge in [0.2, 0.25) is 5.91 Å². The number of pyridine rings is 1. The number of carbonyl (C=O) groups is 2. The minimum absolute atomic E-state index is 0.0440. The molecule has 4 rings (SSSR count). The van der Waals surface area contributed by atoms with Crippen LogP contribution in [0.25, 0.3) is 11.1 Å². The summed E-state index contributed by atoms with van der Waals surface area (Å²) >= 11 is 0. The van der Waals surface area contributed by atoms with Gasteiger partial charge in [0.25, 0.3) is 0 Å². The van der Waals surface area contributed by atoms with Gasteiger partial charge in [0.1, 0.15) is 17.7 Å². The van der Waals surface area contributed by atoms with Crippen LogP contribution in [-0.2, 0) is 15.1 Å². The van der Waals surface area contributed by atoms with Crippen molar-refractivity contribution >= 4 is 17.7 Å². The van der Waals surface area contributed by atoms with Gasteiger partial charge in [0.05, 0.1) is 35.6 Å². The van der Waals surface area contributed by atoms with Crippen LogP contribution in [0, 0.1) is 11.6 Å². The van der Waals surface area contributed by atoms with E-state index in [1.165, 1.54) is 13.1 Å². The fraction of sp³-hybridized carbons (Fsp3) is 0.350. The van der Waals surface area contributed by atoms with E-state index in [4.69, 9.17) is 10.5 Å². The average molecular weight is 402 g/mol. The third-order valence-corrected chi connectivity index (χ3v) is 5.14. The van der Waals surface area contributed by atoms with Crippen molar-refractivity contribution in [3.63, 3.8) is 0 Å². The lowest BCUT2D eigenvalue weighted by molar-refractivity contribution is -0.119. The zero-order chi connectivity index (χ0) is 20.8. The van der Waals surface area contributed by atoms with E-state index in [0.29, 0.717) is 5.69 Å². The van der Waals surface area contributed by atoms with Crippen molar-refractivity contribution in [1.82, 2.24) is 10.3 Å². The van der Waals surface area contributed by atoms with Crippen LogP contribution in [0.4, 0.5) is 19.3 Å². The molecule has 0 bridgehead atoms. The fourth-order valence-electron chi connectivity index (χ4n) is 3.31. The highest BCUT2D eigenvalue weighted by atomic mass is 19.1. The maximum absolute atomic E-state index is 14.7. The van der Waals surface area contributed by atoms with Crippen LogP contribution in [0.15, 0.2) is 30.5 Å². The van der Waals surface area contributed by atoms with Crippen LogP contribution in [0.3, 0.4) is 0 Å². The van der Waals surface area contributed by atoms with E-state index in [-0.39, 0.29) is 35.8 Å². The number of carbonyl (C=O) groups excluding carboxylic acids is 2. The highest BCUT2D eigenvalue weighted by Gasteiger charge is 2.41. The predicted octanol–water partition coefficient (Wildman–Crippen LogP) is 2.44. The van der Waals surface area contributed by atoms with E-state index in [1.54, 1.807) is 12.1 Å². The maximum atomic E-state index is 14.7. The van der Waals surface area contributed by atoms with Gasteiger partial charge in [-0.1, -0.05) is 6.07 Å². The van der Waals surface area contributed by atoms with Gasteiger partial charge >= 0.3 is 6.09 Å². The van der Waals surface area contributed by atoms with Crippen molar-refractivity contribution < 1.29 is 23.1 Å². The van der Waals surface area contributed by atoms with Gasteiger partial charge in [-0.15, -0.1) is 0 Å². The smallest absolute Gasteiger partial charge is 0.414 e. The number of hydrogen-bond donors (Lipinski definition) is 2. The summed E-state index contributed by atoms with van der Waals surface area (Å²) < 4.78 is 34.6. The van der Waals surface area contributed by atoms with Crippen LogP contribution >= 0.6 is 0 Å². The van der Waals surface area contributed by atoms with Crippen LogP contribution in [0.5, 0.6) is 0 Å². The summed E-state index contributed by atoms with van der Waals surface area (Å²) in [6.07, 6.45) is 1.75. The monoisotopic (exact) mass is 402 g/mol. The van der Waals surface area contributed by atoms with Gasteiger partial charge < -0.3 is 15.8 Å². The van der Waals surface area contributed by atoms with Gasteiger partial charge in [0.15, 0.2) is 0 Å². The molecule has 29 heavy (non-hydrogen) atoms. The maximum Gasteiger partial charge on any atom is 0.414 e. The second-order valence-electron chi connectivity index (χ2n) is 7.43. The molecule has 1 atom stereocenters. The largest absolute Gasteiger partial charge is 0.442 e. The zero-order valence-electron chi connectivity index (χ0n) is 15.7. The quantitative estimate of drug-likeness (QED) is 0.801. The minimum Gasteiger partial charge on any atom is -0.442 e. The van der Waals surface area contributed by atoms with E-state index < -0.39 is 29.4 Å². The number of rotatable bonds is 5. The Bertz CT molecular complexity index is 953. The Hall–Kier alpha value is -3.07. The Morgan fingerprint density at radius 2 is 2.03 bits per heavy atom. The third kappa shape index (κ3) is 3.77. The molecule has 7 nitrogen and oxygen atoms in total. The van der Waals surface area contributed by atoms with Gasteiger partial charge in [-0.3, -0.25) is 14.7 Å². The average Bonchev–Trinajstić information content (AvgIpc) is 3.30. The third-order valence-electron chi connectivity index (χ3n) is 5.14. The first-order valence-electron chi connectivity index (χ1n) is 9.24. The number of nitrogens with one attached hydrogen (secondary N) is 1. The summed E-state index contributed by atoms with van der Waals surface area (Å²) in [5.74, 6) is -1.90. The van der Waals surface area contributed by atoms with Crippen LogP contribution in [-0.4, -0.2) is 36.2 Å². The first-order chi connectivity index (χ1) is 13.8. The van der Waals surface area contributed by atoms with Crippen LogP contribution in [0.2, 0.25) is 0 Å². The Labute approximate surface area is 165 Å². The van der Waals surface area contributed by atoms with Crippen molar-refractivity contribution in [2.75, 3.05) is 18.0 Å². The SMILES string of the molecule is CC(=O)NCC1CN(c2cc(F)c(-c3ccc(C4(N)CC4)nc3)c(F)c2)C(=O)O1. The normalized spacial score (nSPS) is 19.8. The van der Waals surface area contributed by atoms with Crippen molar-refractivity contribution in [3.8, 4) is 11.1 Å². The zero-order valence-corrected chi connectivity index (χ0v) is 15.7. The molecule has 1 aromatic heterocycles. The molecule has 1 aliphatic heterocycles. The van der Waals surface area contributed by atoms with Crippen molar-refractivity contribution in [2.24, 2.45) is 5.73 Å². The molecule has 3 N–H and O–H groups in total. The minimum atomic E-state index is -0.818. The van der Waals surface area contributed by atoms with Crippen LogP contribution in [0.1, 0.15) is 25.5 Å². The summed E-state index contributed by atoms with van der Waals surface area (Å²) in [5.41, 5.74) is 6.46. The number of cyclic esters (lactones) is 1. The molecule has 0 radical (unpaired) electrons. The van der Waals surface area contributed by atoms with E-state index in [9.17, 15) is 18.4 Å². The molecule has 2 aromatic rings. The summed E-state index contributed by atoms with van der Waals surface area (Å²) in [5, 5.41) is 2.55. The number of amides is 2. The van der Waals surface area contributed by atoms with Gasteiger partial charge in [-0.25, -0.2) is 13.6 Å². The summed E-state index contributed by atoms with van der Waals surface area (Å²) in [7, 11) is 0. The first kappa shape index (κ1) is 19.3. The molecule has 2 amide bonds. The molecule has 9 heteroatoms. The molecule has 0 spiro atoms. The standard InChI is InChI=1S/C20H20F2N4O3/c1-11(27)24-9-14-10-26(19(28)29-14)13-6-15(21)18(16(22)7-13)12-2-3-17(25-8-12)20(23)4-5-20/h2-3,6-8,14H,4-5,9-10,23H2,1H3,(H,24,27). The first-order valence-corrected chi connectivity index (χ1v) is 9.24. The number of ether oxygens (including phenoxy) is 1. The van der Waals surface area contributed by atoms with Crippen molar-refractivity contribution in [2.45, 2.75) is 31.4 Å². The molecule has 152 valence electrons. The molecule has 1 aromatic carbocycles. The van der Waals surface area contributed by atoms with E-state index in [2.05, 4.69) is 10.3 Å². The second kappa shape index (κ2) is 7.07. The molecule has 1 aliphatic carbocycles. The molecule has 1 saturated carbocycles. The van der Waals surface area contributed by atoms with E-state index in [0.717, 1.165) is 29.9 Å². The van der Waals surface area contributed by atoms with Crippen molar-refractivity contribution in [3.05, 3.63) is 47.8 Å². The van der Waals surface area contributed by atoms with E-state index in [1.807, 2.05) is 0 Å². The molecule has 1 unspecified atom stereocenters. The fourth-order valence-corrected chi connectivity index (χ4v) is 3.31.